The van der Waals surface area contributed by atoms with Crippen LogP contribution in [0.1, 0.15) is 45.4 Å². The van der Waals surface area contributed by atoms with E-state index in [1.54, 1.807) is 4.90 Å². The molecule has 2 rings (SSSR count). The molecule has 1 aliphatic heterocycles. The van der Waals surface area contributed by atoms with Crippen molar-refractivity contribution in [2.75, 3.05) is 6.54 Å². The molecule has 4 heteroatoms. The zero-order valence-corrected chi connectivity index (χ0v) is 10.4. The number of carboxylic acids is 1. The van der Waals surface area contributed by atoms with Gasteiger partial charge in [-0.3, -0.25) is 4.79 Å². The van der Waals surface area contributed by atoms with E-state index in [-0.39, 0.29) is 11.8 Å². The number of likely N-dealkylation sites (tertiary alicyclic amines) is 1. The van der Waals surface area contributed by atoms with Crippen LogP contribution in [0.15, 0.2) is 0 Å². The topological polar surface area (TPSA) is 57.6 Å². The minimum Gasteiger partial charge on any atom is -0.480 e. The summed E-state index contributed by atoms with van der Waals surface area (Å²) in [5.41, 5.74) is 0. The van der Waals surface area contributed by atoms with Gasteiger partial charge in [-0.2, -0.15) is 0 Å². The lowest BCUT2D eigenvalue weighted by Crippen LogP contribution is -2.47. The highest BCUT2D eigenvalue weighted by Gasteiger charge is 2.38. The van der Waals surface area contributed by atoms with Gasteiger partial charge in [0.2, 0.25) is 5.91 Å². The summed E-state index contributed by atoms with van der Waals surface area (Å²) in [7, 11) is 0. The molecule has 4 nitrogen and oxygen atoms in total. The van der Waals surface area contributed by atoms with Crippen LogP contribution in [-0.2, 0) is 9.59 Å². The first-order valence-corrected chi connectivity index (χ1v) is 6.64. The molecule has 1 amide bonds. The molecule has 2 atom stereocenters. The van der Waals surface area contributed by atoms with E-state index < -0.39 is 12.0 Å². The molecule has 2 aliphatic rings. The molecule has 96 valence electrons. The lowest BCUT2D eigenvalue weighted by atomic mass is 10.0. The molecule has 1 heterocycles. The second kappa shape index (κ2) is 5.07. The van der Waals surface area contributed by atoms with Crippen molar-refractivity contribution in [1.29, 1.82) is 0 Å². The van der Waals surface area contributed by atoms with Crippen LogP contribution >= 0.6 is 0 Å². The Morgan fingerprint density at radius 3 is 2.47 bits per heavy atom. The smallest absolute Gasteiger partial charge is 0.326 e. The van der Waals surface area contributed by atoms with Gasteiger partial charge in [-0.05, 0) is 31.6 Å². The van der Waals surface area contributed by atoms with E-state index in [0.717, 1.165) is 32.1 Å². The lowest BCUT2D eigenvalue weighted by Gasteiger charge is -2.29. The van der Waals surface area contributed by atoms with E-state index in [1.165, 1.54) is 0 Å². The molecule has 17 heavy (non-hydrogen) atoms. The summed E-state index contributed by atoms with van der Waals surface area (Å²) >= 11 is 0. The van der Waals surface area contributed by atoms with E-state index in [1.807, 2.05) is 6.92 Å². The van der Waals surface area contributed by atoms with Gasteiger partial charge in [-0.15, -0.1) is 0 Å². The summed E-state index contributed by atoms with van der Waals surface area (Å²) in [6.07, 6.45) is 5.74. The summed E-state index contributed by atoms with van der Waals surface area (Å²) in [5.74, 6) is -0.278. The van der Waals surface area contributed by atoms with Crippen molar-refractivity contribution in [3.05, 3.63) is 0 Å². The highest BCUT2D eigenvalue weighted by molar-refractivity contribution is 5.85. The Morgan fingerprint density at radius 2 is 1.88 bits per heavy atom. The molecule has 1 N–H and O–H groups in total. The number of nitrogens with zero attached hydrogens (tertiary/aromatic N) is 1. The highest BCUT2D eigenvalue weighted by Crippen LogP contribution is 2.38. The molecule has 1 aliphatic carbocycles. The zero-order valence-electron chi connectivity index (χ0n) is 10.4. The maximum absolute atomic E-state index is 12.3. The first kappa shape index (κ1) is 12.4. The third-order valence-corrected chi connectivity index (χ3v) is 4.04. The van der Waals surface area contributed by atoms with E-state index in [0.29, 0.717) is 18.9 Å². The Morgan fingerprint density at radius 1 is 1.18 bits per heavy atom. The average Bonchev–Trinajstić information content (AvgIpc) is 3.12. The van der Waals surface area contributed by atoms with Crippen molar-refractivity contribution < 1.29 is 14.7 Å². The summed E-state index contributed by atoms with van der Waals surface area (Å²) < 4.78 is 0. The van der Waals surface area contributed by atoms with Gasteiger partial charge in [0, 0.05) is 12.5 Å². The van der Waals surface area contributed by atoms with Crippen LogP contribution in [-0.4, -0.2) is 34.5 Å². The maximum Gasteiger partial charge on any atom is 0.326 e. The lowest BCUT2D eigenvalue weighted by molar-refractivity contribution is -0.152. The van der Waals surface area contributed by atoms with Gasteiger partial charge in [-0.25, -0.2) is 4.79 Å². The second-order valence-corrected chi connectivity index (χ2v) is 5.36. The van der Waals surface area contributed by atoms with E-state index in [4.69, 9.17) is 0 Å². The minimum absolute atomic E-state index is 0.00921. The number of aliphatic carboxylic acids is 1. The molecule has 1 saturated carbocycles. The van der Waals surface area contributed by atoms with Crippen LogP contribution in [0.4, 0.5) is 0 Å². The van der Waals surface area contributed by atoms with Crippen LogP contribution < -0.4 is 0 Å². The van der Waals surface area contributed by atoms with Crippen molar-refractivity contribution in [2.45, 2.75) is 51.5 Å². The molecular weight excluding hydrogens is 218 g/mol. The summed E-state index contributed by atoms with van der Waals surface area (Å²) in [6, 6.07) is -0.591. The first-order valence-electron chi connectivity index (χ1n) is 6.64. The SMILES string of the molecule is CC(C(=O)N1CCCCCC1C(=O)O)C1CC1. The van der Waals surface area contributed by atoms with Gasteiger partial charge < -0.3 is 10.0 Å². The number of amides is 1. The predicted octanol–water partition coefficient (Wildman–Crippen LogP) is 1.89. The highest BCUT2D eigenvalue weighted by atomic mass is 16.4. The third-order valence-electron chi connectivity index (χ3n) is 4.04. The Bertz CT molecular complexity index is 312. The van der Waals surface area contributed by atoms with Crippen LogP contribution in [0.5, 0.6) is 0 Å². The largest absolute Gasteiger partial charge is 0.480 e. The second-order valence-electron chi connectivity index (χ2n) is 5.36. The Balaban J connectivity index is 2.07. The standard InChI is InChI=1S/C13H21NO3/c1-9(10-6-7-10)12(15)14-8-4-2-3-5-11(14)13(16)17/h9-11H,2-8H2,1H3,(H,16,17). The summed E-state index contributed by atoms with van der Waals surface area (Å²) in [4.78, 5) is 25.2. The molecule has 1 saturated heterocycles. The molecule has 2 unspecified atom stereocenters. The molecule has 0 aromatic heterocycles. The Labute approximate surface area is 102 Å². The number of hydrogen-bond donors (Lipinski definition) is 1. The fourth-order valence-electron chi connectivity index (χ4n) is 2.69. The van der Waals surface area contributed by atoms with Gasteiger partial charge in [0.1, 0.15) is 6.04 Å². The molecule has 0 radical (unpaired) electrons. The first-order chi connectivity index (χ1) is 8.11. The quantitative estimate of drug-likeness (QED) is 0.818. The van der Waals surface area contributed by atoms with Crippen LogP contribution in [0, 0.1) is 11.8 Å². The van der Waals surface area contributed by atoms with Crippen LogP contribution in [0.25, 0.3) is 0 Å². The van der Waals surface area contributed by atoms with Crippen molar-refractivity contribution in [3.8, 4) is 0 Å². The zero-order chi connectivity index (χ0) is 12.4. The predicted molar refractivity (Wildman–Crippen MR) is 63.5 cm³/mol. The van der Waals surface area contributed by atoms with Crippen LogP contribution in [0.2, 0.25) is 0 Å². The maximum atomic E-state index is 12.3. The van der Waals surface area contributed by atoms with E-state index in [9.17, 15) is 14.7 Å². The minimum atomic E-state index is -0.844. The molecule has 0 aromatic rings. The Kier molecular flexibility index (Phi) is 3.69. The average molecular weight is 239 g/mol. The van der Waals surface area contributed by atoms with Gasteiger partial charge in [0.25, 0.3) is 0 Å². The summed E-state index contributed by atoms with van der Waals surface area (Å²) in [6.45, 7) is 2.57. The van der Waals surface area contributed by atoms with E-state index in [2.05, 4.69) is 0 Å². The van der Waals surface area contributed by atoms with Crippen molar-refractivity contribution in [3.63, 3.8) is 0 Å². The monoisotopic (exact) mass is 239 g/mol. The summed E-state index contributed by atoms with van der Waals surface area (Å²) in [5, 5.41) is 9.22. The fourth-order valence-corrected chi connectivity index (χ4v) is 2.69. The Hall–Kier alpha value is -1.06. The van der Waals surface area contributed by atoms with Gasteiger partial charge >= 0.3 is 5.97 Å². The number of carbonyl (C=O) groups excluding carboxylic acids is 1. The molecule has 2 fully saturated rings. The fraction of sp³-hybridized carbons (Fsp3) is 0.846. The van der Waals surface area contributed by atoms with Crippen molar-refractivity contribution in [2.24, 2.45) is 11.8 Å². The number of rotatable bonds is 3. The van der Waals surface area contributed by atoms with Gasteiger partial charge in [-0.1, -0.05) is 19.8 Å². The number of carbonyl (C=O) groups is 2. The molecule has 0 spiro atoms. The van der Waals surface area contributed by atoms with Crippen molar-refractivity contribution in [1.82, 2.24) is 4.90 Å². The molecule has 0 aromatic carbocycles. The number of carboxylic acid groups (broad SMARTS) is 1. The number of hydrogen-bond acceptors (Lipinski definition) is 2. The molecular formula is C13H21NO3. The normalized spacial score (nSPS) is 27.4. The molecule has 0 bridgehead atoms. The van der Waals surface area contributed by atoms with Gasteiger partial charge in [0.05, 0.1) is 0 Å². The third kappa shape index (κ3) is 2.79. The van der Waals surface area contributed by atoms with E-state index >= 15 is 0 Å². The van der Waals surface area contributed by atoms with Crippen molar-refractivity contribution >= 4 is 11.9 Å². The van der Waals surface area contributed by atoms with Crippen LogP contribution in [0.3, 0.4) is 0 Å². The van der Waals surface area contributed by atoms with Gasteiger partial charge in [0.15, 0.2) is 0 Å².